The summed E-state index contributed by atoms with van der Waals surface area (Å²) in [4.78, 5) is 38.4. The third-order valence-corrected chi connectivity index (χ3v) is 4.68. The summed E-state index contributed by atoms with van der Waals surface area (Å²) in [7, 11) is 0. The Labute approximate surface area is 178 Å². The van der Waals surface area contributed by atoms with E-state index < -0.39 is 42.3 Å². The van der Waals surface area contributed by atoms with Crippen molar-refractivity contribution in [2.24, 2.45) is 5.73 Å². The number of carbonyl (C=O) groups excluding carboxylic acids is 1. The quantitative estimate of drug-likeness (QED) is 0.407. The Bertz CT molecular complexity index is 878. The van der Waals surface area contributed by atoms with E-state index in [2.05, 4.69) is 10.4 Å². The van der Waals surface area contributed by atoms with Crippen molar-refractivity contribution in [1.82, 2.24) is 10.2 Å². The summed E-state index contributed by atoms with van der Waals surface area (Å²) in [6, 6.07) is 2.35. The van der Waals surface area contributed by atoms with E-state index in [-0.39, 0.29) is 51.6 Å². The van der Waals surface area contributed by atoms with Crippen LogP contribution in [0.5, 0.6) is 0 Å². The number of nitrogens with two attached hydrogens (primary N) is 1. The van der Waals surface area contributed by atoms with Gasteiger partial charge in [-0.05, 0) is 50.6 Å². The number of aryl methyl sites for hydroxylation is 1. The Kier molecular flexibility index (Phi) is 6.50. The summed E-state index contributed by atoms with van der Waals surface area (Å²) >= 11 is 0. The summed E-state index contributed by atoms with van der Waals surface area (Å²) < 4.78 is 41.2. The SMILES string of the molecule is [2H]OC(=O)[C@]1([2H])CCCN1C(=O)[C@@]([2H])(N[C@@H](CCc1ccccc1)C(=O)O)C([2H])([2H])CCCN. The molecule has 2 rings (SSSR count). The normalized spacial score (nSPS) is 24.9. The summed E-state index contributed by atoms with van der Waals surface area (Å²) in [6.07, 6.45) is -2.53. The molecule has 1 saturated heterocycles. The molecule has 0 spiro atoms. The standard InChI is InChI=1S/C21H31N3O5/c22-13-5-4-9-16(19(25)24-14-6-10-18(24)21(28)29)23-17(20(26)27)12-11-15-7-2-1-3-8-15/h1-3,7-8,16-18,23H,4-6,9-14,22H2,(H,26,27)(H,28,29)/t16-,17-,18-/m0/s1/i9D2,16D,18D/hD. The molecule has 160 valence electrons. The number of benzene rings is 1. The van der Waals surface area contributed by atoms with Crippen LogP contribution in [0.25, 0.3) is 1.43 Å². The highest BCUT2D eigenvalue weighted by molar-refractivity contribution is 5.88. The van der Waals surface area contributed by atoms with Crippen LogP contribution in [0.4, 0.5) is 0 Å². The molecule has 8 heteroatoms. The van der Waals surface area contributed by atoms with E-state index in [1.165, 1.54) is 0 Å². The zero-order chi connectivity index (χ0) is 25.6. The van der Waals surface area contributed by atoms with Gasteiger partial charge in [-0.2, -0.15) is 0 Å². The molecule has 1 aromatic rings. The fraction of sp³-hybridized carbons (Fsp3) is 0.571. The molecule has 1 fully saturated rings. The van der Waals surface area contributed by atoms with Gasteiger partial charge in [-0.15, -0.1) is 0 Å². The average molecular weight is 411 g/mol. The Morgan fingerprint density at radius 3 is 2.79 bits per heavy atom. The first kappa shape index (κ1) is 16.4. The van der Waals surface area contributed by atoms with Crippen molar-refractivity contribution in [3.05, 3.63) is 35.9 Å². The topological polar surface area (TPSA) is 133 Å². The third kappa shape index (κ3) is 6.83. The van der Waals surface area contributed by atoms with E-state index in [9.17, 15) is 19.5 Å². The fourth-order valence-corrected chi connectivity index (χ4v) is 3.14. The van der Waals surface area contributed by atoms with Gasteiger partial charge in [-0.25, -0.2) is 4.79 Å². The third-order valence-electron chi connectivity index (χ3n) is 4.68. The van der Waals surface area contributed by atoms with Crippen LogP contribution in [0.15, 0.2) is 30.3 Å². The maximum absolute atomic E-state index is 13.6. The zero-order valence-electron chi connectivity index (χ0n) is 21.2. The van der Waals surface area contributed by atoms with Gasteiger partial charge in [0.25, 0.3) is 1.43 Å². The predicted octanol–water partition coefficient (Wildman–Crippen LogP) is 1.24. The minimum Gasteiger partial charge on any atom is -0.480 e. The van der Waals surface area contributed by atoms with Crippen LogP contribution in [0.3, 0.4) is 0 Å². The van der Waals surface area contributed by atoms with Crippen molar-refractivity contribution in [3.8, 4) is 0 Å². The molecule has 1 amide bonds. The minimum atomic E-state index is -2.85. The molecule has 0 unspecified atom stereocenters. The molecule has 5 N–H and O–H groups in total. The van der Waals surface area contributed by atoms with Crippen LogP contribution in [0.2, 0.25) is 0 Å². The highest BCUT2D eigenvalue weighted by Crippen LogP contribution is 2.20. The van der Waals surface area contributed by atoms with Crippen molar-refractivity contribution in [2.75, 3.05) is 13.1 Å². The summed E-state index contributed by atoms with van der Waals surface area (Å²) in [5.74, 6) is -3.97. The first-order valence-electron chi connectivity index (χ1n) is 12.1. The number of hydrogen-bond donors (Lipinski definition) is 4. The Hall–Kier alpha value is -2.45. The van der Waals surface area contributed by atoms with E-state index >= 15 is 0 Å². The number of hydrogen-bond acceptors (Lipinski definition) is 6. The van der Waals surface area contributed by atoms with E-state index in [0.29, 0.717) is 4.90 Å². The highest BCUT2D eigenvalue weighted by Gasteiger charge is 2.38. The lowest BCUT2D eigenvalue weighted by Gasteiger charge is -2.29. The fourth-order valence-electron chi connectivity index (χ4n) is 3.14. The van der Waals surface area contributed by atoms with Gasteiger partial charge in [0.1, 0.15) is 12.1 Å². The van der Waals surface area contributed by atoms with E-state index in [1.807, 2.05) is 0 Å². The monoisotopic (exact) mass is 410 g/mol. The number of aliphatic carboxylic acids is 2. The van der Waals surface area contributed by atoms with Gasteiger partial charge in [0.05, 0.1) is 8.76 Å². The molecule has 0 radical (unpaired) electrons. The van der Waals surface area contributed by atoms with E-state index in [0.717, 1.165) is 5.56 Å². The first-order valence-corrected chi connectivity index (χ1v) is 9.67. The number of amides is 1. The molecule has 3 atom stereocenters. The molecule has 0 aromatic heterocycles. The number of carbonyl (C=O) groups is 3. The van der Waals surface area contributed by atoms with Crippen LogP contribution in [0, 0.1) is 0 Å². The van der Waals surface area contributed by atoms with Crippen molar-refractivity contribution in [1.29, 1.82) is 1.43 Å². The van der Waals surface area contributed by atoms with Crippen LogP contribution < -0.4 is 11.1 Å². The number of carboxylic acids is 2. The second-order valence-electron chi connectivity index (χ2n) is 6.80. The number of nitrogens with zero attached hydrogens (tertiary/aromatic N) is 1. The number of nitrogens with one attached hydrogen (secondary N) is 1. The van der Waals surface area contributed by atoms with Crippen molar-refractivity contribution >= 4 is 17.8 Å². The zero-order valence-corrected chi connectivity index (χ0v) is 16.2. The van der Waals surface area contributed by atoms with Crippen molar-refractivity contribution in [2.45, 2.75) is 63.0 Å². The summed E-state index contributed by atoms with van der Waals surface area (Å²) in [5.41, 5.74) is 6.32. The molecule has 0 saturated carbocycles. The van der Waals surface area contributed by atoms with E-state index in [4.69, 9.17) is 12.6 Å². The second kappa shape index (κ2) is 11.5. The number of carboxylic acid groups (broad SMARTS) is 2. The molecule has 1 aliphatic rings. The van der Waals surface area contributed by atoms with Crippen molar-refractivity contribution < 1.29 is 30.1 Å². The lowest BCUT2D eigenvalue weighted by atomic mass is 10.0. The van der Waals surface area contributed by atoms with Crippen LogP contribution in [-0.2, 0) is 20.8 Å². The van der Waals surface area contributed by atoms with Gasteiger partial charge < -0.3 is 20.8 Å². The van der Waals surface area contributed by atoms with E-state index in [1.54, 1.807) is 30.3 Å². The van der Waals surface area contributed by atoms with Crippen LogP contribution >= 0.6 is 0 Å². The molecular weight excluding hydrogens is 374 g/mol. The van der Waals surface area contributed by atoms with Gasteiger partial charge in [-0.1, -0.05) is 36.8 Å². The number of likely N-dealkylation sites (tertiary alicyclic amines) is 1. The van der Waals surface area contributed by atoms with Gasteiger partial charge in [0.15, 0.2) is 0 Å². The Morgan fingerprint density at radius 2 is 2.14 bits per heavy atom. The highest BCUT2D eigenvalue weighted by atomic mass is 16.4. The van der Waals surface area contributed by atoms with Gasteiger partial charge in [0.2, 0.25) is 5.91 Å². The lowest BCUT2D eigenvalue weighted by molar-refractivity contribution is -0.149. The van der Waals surface area contributed by atoms with Crippen LogP contribution in [-0.4, -0.2) is 64.1 Å². The number of rotatable bonds is 12. The molecule has 8 nitrogen and oxygen atoms in total. The van der Waals surface area contributed by atoms with Crippen LogP contribution in [0.1, 0.15) is 49.5 Å². The summed E-state index contributed by atoms with van der Waals surface area (Å²) in [5, 5.41) is 16.1. The van der Waals surface area contributed by atoms with Crippen molar-refractivity contribution in [3.63, 3.8) is 0 Å². The maximum Gasteiger partial charge on any atom is 0.326 e. The Morgan fingerprint density at radius 1 is 1.38 bits per heavy atom. The molecule has 0 aliphatic carbocycles. The van der Waals surface area contributed by atoms with Gasteiger partial charge in [0, 0.05) is 9.29 Å². The Balaban J connectivity index is 2.41. The first-order chi connectivity index (χ1) is 15.9. The molecule has 1 heterocycles. The molecule has 1 aliphatic heterocycles. The largest absolute Gasteiger partial charge is 0.480 e. The molecule has 1 aromatic carbocycles. The second-order valence-corrected chi connectivity index (χ2v) is 6.80. The predicted molar refractivity (Wildman–Crippen MR) is 108 cm³/mol. The molecule has 0 bridgehead atoms. The van der Waals surface area contributed by atoms with Gasteiger partial charge in [-0.3, -0.25) is 14.9 Å². The smallest absolute Gasteiger partial charge is 0.326 e. The minimum absolute atomic E-state index is 0.0407. The maximum atomic E-state index is 13.6. The summed E-state index contributed by atoms with van der Waals surface area (Å²) in [6.45, 7) is -0.0636. The average Bonchev–Trinajstić information content (AvgIpc) is 3.22. The molecule has 29 heavy (non-hydrogen) atoms. The lowest BCUT2D eigenvalue weighted by Crippen LogP contribution is -2.54. The van der Waals surface area contributed by atoms with Gasteiger partial charge >= 0.3 is 11.9 Å². The molecular formula is C21H31N3O5.